The fourth-order valence-corrected chi connectivity index (χ4v) is 2.61. The molecule has 3 N–H and O–H groups in total. The monoisotopic (exact) mass is 305 g/mol. The molecule has 0 saturated heterocycles. The molecule has 0 amide bonds. The highest BCUT2D eigenvalue weighted by atomic mass is 32.2. The van der Waals surface area contributed by atoms with Crippen molar-refractivity contribution < 1.29 is 19.4 Å². The highest BCUT2D eigenvalue weighted by Crippen LogP contribution is 2.22. The largest absolute Gasteiger partial charge is 0.480 e. The number of nitrogens with two attached hydrogens (primary N) is 1. The lowest BCUT2D eigenvalue weighted by atomic mass is 10.1. The van der Waals surface area contributed by atoms with E-state index < -0.39 is 17.6 Å². The number of rotatable bonds is 9. The Balaban J connectivity index is 4.47. The van der Waals surface area contributed by atoms with Gasteiger partial charge in [-0.2, -0.15) is 0 Å². The number of hydrogen-bond acceptors (Lipinski definition) is 5. The van der Waals surface area contributed by atoms with Gasteiger partial charge in [-0.25, -0.2) is 0 Å². The third-order valence-corrected chi connectivity index (χ3v) is 3.92. The molecule has 0 aliphatic carbocycles. The Morgan fingerprint density at radius 1 is 1.30 bits per heavy atom. The van der Waals surface area contributed by atoms with E-state index in [2.05, 4.69) is 6.92 Å². The second-order valence-corrected chi connectivity index (χ2v) is 7.03. The number of hydrogen-bond donors (Lipinski definition) is 2. The van der Waals surface area contributed by atoms with Gasteiger partial charge in [0.2, 0.25) is 0 Å². The van der Waals surface area contributed by atoms with Crippen molar-refractivity contribution in [2.45, 2.75) is 70.3 Å². The van der Waals surface area contributed by atoms with Crippen LogP contribution in [0.2, 0.25) is 0 Å². The number of esters is 1. The van der Waals surface area contributed by atoms with Crippen LogP contribution in [0.15, 0.2) is 0 Å². The Morgan fingerprint density at radius 2 is 1.90 bits per heavy atom. The summed E-state index contributed by atoms with van der Waals surface area (Å²) in [4.78, 5) is 22.8. The van der Waals surface area contributed by atoms with E-state index in [1.807, 2.05) is 20.8 Å². The van der Waals surface area contributed by atoms with Crippen LogP contribution in [0.1, 0.15) is 53.4 Å². The van der Waals surface area contributed by atoms with Crippen LogP contribution in [-0.2, 0) is 14.3 Å². The Morgan fingerprint density at radius 3 is 2.35 bits per heavy atom. The van der Waals surface area contributed by atoms with Crippen LogP contribution in [0, 0.1) is 0 Å². The molecule has 6 heteroatoms. The lowest BCUT2D eigenvalue weighted by Gasteiger charge is -2.24. The molecule has 0 saturated carbocycles. The predicted molar refractivity (Wildman–Crippen MR) is 81.8 cm³/mol. The number of unbranched alkanes of at least 4 members (excludes halogenated alkanes) is 2. The molecular weight excluding hydrogens is 278 g/mol. The molecule has 118 valence electrons. The van der Waals surface area contributed by atoms with Crippen LogP contribution >= 0.6 is 11.8 Å². The Labute approximate surface area is 125 Å². The molecule has 0 heterocycles. The number of carboxylic acid groups (broad SMARTS) is 1. The van der Waals surface area contributed by atoms with Gasteiger partial charge in [0.25, 0.3) is 0 Å². The minimum absolute atomic E-state index is 0.214. The quantitative estimate of drug-likeness (QED) is 0.502. The molecule has 0 aromatic rings. The summed E-state index contributed by atoms with van der Waals surface area (Å²) in [6.07, 6.45) is 3.74. The Bertz CT molecular complexity index is 315. The van der Waals surface area contributed by atoms with Gasteiger partial charge in [0.05, 0.1) is 0 Å². The second kappa shape index (κ2) is 9.23. The van der Waals surface area contributed by atoms with Crippen molar-refractivity contribution >= 4 is 23.7 Å². The summed E-state index contributed by atoms with van der Waals surface area (Å²) in [5.74, 6) is -1.11. The van der Waals surface area contributed by atoms with Crippen molar-refractivity contribution in [3.05, 3.63) is 0 Å². The first-order chi connectivity index (χ1) is 9.17. The number of thioether (sulfide) groups is 1. The van der Waals surface area contributed by atoms with Gasteiger partial charge < -0.3 is 15.6 Å². The van der Waals surface area contributed by atoms with Gasteiger partial charge in [-0.05, 0) is 27.2 Å². The predicted octanol–water partition coefficient (Wildman–Crippen LogP) is 2.42. The molecule has 0 aromatic carbocycles. The highest BCUT2D eigenvalue weighted by molar-refractivity contribution is 8.00. The summed E-state index contributed by atoms with van der Waals surface area (Å²) in [5.41, 5.74) is 4.94. The van der Waals surface area contributed by atoms with E-state index in [0.29, 0.717) is 6.42 Å². The molecule has 0 fully saturated rings. The van der Waals surface area contributed by atoms with E-state index in [1.54, 1.807) is 0 Å². The summed E-state index contributed by atoms with van der Waals surface area (Å²) < 4.78 is 5.38. The number of ether oxygens (including phenoxy) is 1. The van der Waals surface area contributed by atoms with Crippen molar-refractivity contribution in [1.82, 2.24) is 0 Å². The SMILES string of the molecule is CCCCCC(SC[C@H](N)C(=O)O)C(=O)OC(C)(C)C. The molecule has 0 rings (SSSR count). The average Bonchev–Trinajstić information content (AvgIpc) is 2.30. The van der Waals surface area contributed by atoms with Crippen molar-refractivity contribution in [1.29, 1.82) is 0 Å². The van der Waals surface area contributed by atoms with Gasteiger partial charge in [-0.1, -0.05) is 26.2 Å². The smallest absolute Gasteiger partial charge is 0.321 e. The molecule has 0 aliphatic heterocycles. The molecule has 0 spiro atoms. The van der Waals surface area contributed by atoms with E-state index in [-0.39, 0.29) is 17.0 Å². The van der Waals surface area contributed by atoms with Crippen LogP contribution in [0.5, 0.6) is 0 Å². The van der Waals surface area contributed by atoms with Crippen molar-refractivity contribution in [3.63, 3.8) is 0 Å². The third kappa shape index (κ3) is 9.20. The fraction of sp³-hybridized carbons (Fsp3) is 0.857. The number of carboxylic acids is 1. The fourth-order valence-electron chi connectivity index (χ4n) is 1.51. The maximum Gasteiger partial charge on any atom is 0.321 e. The number of aliphatic carboxylic acids is 1. The first kappa shape index (κ1) is 19.2. The van der Waals surface area contributed by atoms with E-state index in [1.165, 1.54) is 11.8 Å². The van der Waals surface area contributed by atoms with Crippen molar-refractivity contribution in [2.24, 2.45) is 5.73 Å². The summed E-state index contributed by atoms with van der Waals surface area (Å²) in [5, 5.41) is 8.44. The zero-order valence-corrected chi connectivity index (χ0v) is 13.7. The lowest BCUT2D eigenvalue weighted by molar-refractivity contribution is -0.154. The molecule has 5 nitrogen and oxygen atoms in total. The first-order valence-electron chi connectivity index (χ1n) is 7.00. The Hall–Kier alpha value is -0.750. The molecule has 0 radical (unpaired) electrons. The van der Waals surface area contributed by atoms with E-state index >= 15 is 0 Å². The minimum atomic E-state index is -1.05. The molecule has 20 heavy (non-hydrogen) atoms. The zero-order valence-electron chi connectivity index (χ0n) is 12.8. The van der Waals surface area contributed by atoms with Crippen LogP contribution in [0.3, 0.4) is 0 Å². The van der Waals surface area contributed by atoms with Gasteiger partial charge in [0.1, 0.15) is 16.9 Å². The maximum atomic E-state index is 12.1. The standard InChI is InChI=1S/C14H27NO4S/c1-5-6-7-8-11(13(18)19-14(2,3)4)20-9-10(15)12(16)17/h10-11H,5-9,15H2,1-4H3,(H,16,17)/t10-,11?/m0/s1. The zero-order chi connectivity index (χ0) is 15.8. The van der Waals surface area contributed by atoms with E-state index in [4.69, 9.17) is 15.6 Å². The van der Waals surface area contributed by atoms with E-state index in [0.717, 1.165) is 19.3 Å². The van der Waals surface area contributed by atoms with Gasteiger partial charge in [0.15, 0.2) is 0 Å². The van der Waals surface area contributed by atoms with Gasteiger partial charge in [-0.15, -0.1) is 11.8 Å². The van der Waals surface area contributed by atoms with Crippen LogP contribution in [-0.4, -0.2) is 39.7 Å². The molecule has 0 bridgehead atoms. The number of carbonyl (C=O) groups excluding carboxylic acids is 1. The summed E-state index contributed by atoms with van der Waals surface area (Å²) in [6.45, 7) is 7.56. The summed E-state index contributed by atoms with van der Waals surface area (Å²) in [7, 11) is 0. The average molecular weight is 305 g/mol. The van der Waals surface area contributed by atoms with Gasteiger partial charge in [-0.3, -0.25) is 9.59 Å². The number of carbonyl (C=O) groups is 2. The van der Waals surface area contributed by atoms with Crippen LogP contribution in [0.4, 0.5) is 0 Å². The first-order valence-corrected chi connectivity index (χ1v) is 8.05. The topological polar surface area (TPSA) is 89.6 Å². The van der Waals surface area contributed by atoms with Gasteiger partial charge in [0, 0.05) is 5.75 Å². The minimum Gasteiger partial charge on any atom is -0.480 e. The summed E-state index contributed by atoms with van der Waals surface area (Å²) >= 11 is 1.28. The molecule has 2 atom stereocenters. The molecule has 1 unspecified atom stereocenters. The Kier molecular flexibility index (Phi) is 8.89. The highest BCUT2D eigenvalue weighted by Gasteiger charge is 2.26. The normalized spacial score (nSPS) is 14.7. The molecular formula is C14H27NO4S. The van der Waals surface area contributed by atoms with Crippen molar-refractivity contribution in [2.75, 3.05) is 5.75 Å². The molecule has 0 aromatic heterocycles. The lowest BCUT2D eigenvalue weighted by Crippen LogP contribution is -2.35. The molecule has 0 aliphatic rings. The maximum absolute atomic E-state index is 12.1. The summed E-state index contributed by atoms with van der Waals surface area (Å²) in [6, 6.07) is -0.948. The van der Waals surface area contributed by atoms with Gasteiger partial charge >= 0.3 is 11.9 Å². The van der Waals surface area contributed by atoms with Crippen LogP contribution in [0.25, 0.3) is 0 Å². The van der Waals surface area contributed by atoms with Crippen LogP contribution < -0.4 is 5.73 Å². The van der Waals surface area contributed by atoms with Crippen molar-refractivity contribution in [3.8, 4) is 0 Å². The third-order valence-electron chi connectivity index (χ3n) is 2.53. The second-order valence-electron chi connectivity index (χ2n) is 5.80. The van der Waals surface area contributed by atoms with E-state index in [9.17, 15) is 9.59 Å².